The molecule has 1 N–H and O–H groups in total. The molecule has 1 fully saturated rings. The van der Waals surface area contributed by atoms with Gasteiger partial charge in [-0.3, -0.25) is 4.79 Å². The molecule has 0 spiro atoms. The molecule has 8 heteroatoms. The highest BCUT2D eigenvalue weighted by atomic mass is 32.2. The minimum absolute atomic E-state index is 0.0337. The van der Waals surface area contributed by atoms with Crippen LogP contribution in [-0.4, -0.2) is 63.1 Å². The van der Waals surface area contributed by atoms with Gasteiger partial charge in [0.05, 0.1) is 30.4 Å². The maximum atomic E-state index is 12.7. The van der Waals surface area contributed by atoms with Crippen LogP contribution in [0, 0.1) is 0 Å². The third-order valence-electron chi connectivity index (χ3n) is 4.41. The molecule has 1 heterocycles. The van der Waals surface area contributed by atoms with Gasteiger partial charge in [-0.25, -0.2) is 8.42 Å². The highest BCUT2D eigenvalue weighted by Gasteiger charge is 2.34. The van der Waals surface area contributed by atoms with Crippen molar-refractivity contribution in [3.8, 4) is 11.5 Å². The third kappa shape index (κ3) is 5.03. The number of nitrogens with zero attached hydrogens (tertiary/aromatic N) is 1. The fraction of sp³-hybridized carbons (Fsp3) is 0.611. The molecule has 0 aliphatic carbocycles. The summed E-state index contributed by atoms with van der Waals surface area (Å²) in [7, 11) is -1.38. The second-order valence-corrected chi connectivity index (χ2v) is 8.62. The molecule has 0 bridgehead atoms. The van der Waals surface area contributed by atoms with Crippen LogP contribution in [0.5, 0.6) is 11.5 Å². The molecule has 1 aromatic carbocycles. The molecule has 2 rings (SSSR count). The Kier molecular flexibility index (Phi) is 6.75. The van der Waals surface area contributed by atoms with E-state index in [2.05, 4.69) is 5.32 Å². The van der Waals surface area contributed by atoms with Gasteiger partial charge in [0.2, 0.25) is 5.91 Å². The number of sulfone groups is 1. The predicted molar refractivity (Wildman–Crippen MR) is 102 cm³/mol. The van der Waals surface area contributed by atoms with E-state index in [9.17, 15) is 13.2 Å². The van der Waals surface area contributed by atoms with Gasteiger partial charge in [0.15, 0.2) is 9.84 Å². The molecule has 1 amide bonds. The number of carbonyl (C=O) groups is 1. The number of ether oxygens (including phenoxy) is 2. The standard InChI is InChI=1S/C18H28N2O5S/c1-5-24-15-7-8-17(25-6-2)16(11-15)19-13(3)18(21)20(4)14-9-10-26(22,23)12-14/h7-8,11,13-14,19H,5-6,9-10,12H2,1-4H3. The van der Waals surface area contributed by atoms with E-state index in [-0.39, 0.29) is 23.5 Å². The van der Waals surface area contributed by atoms with Gasteiger partial charge >= 0.3 is 0 Å². The van der Waals surface area contributed by atoms with Crippen molar-refractivity contribution in [2.45, 2.75) is 39.3 Å². The number of anilines is 1. The van der Waals surface area contributed by atoms with Gasteiger partial charge in [0.25, 0.3) is 0 Å². The van der Waals surface area contributed by atoms with Crippen LogP contribution in [0.2, 0.25) is 0 Å². The van der Waals surface area contributed by atoms with Crippen molar-refractivity contribution in [1.29, 1.82) is 0 Å². The Morgan fingerprint density at radius 2 is 2.00 bits per heavy atom. The summed E-state index contributed by atoms with van der Waals surface area (Å²) in [6, 6.07) is 4.64. The molecule has 26 heavy (non-hydrogen) atoms. The van der Waals surface area contributed by atoms with Crippen molar-refractivity contribution in [3.05, 3.63) is 18.2 Å². The van der Waals surface area contributed by atoms with Crippen molar-refractivity contribution >= 4 is 21.4 Å². The lowest BCUT2D eigenvalue weighted by molar-refractivity contribution is -0.132. The smallest absolute Gasteiger partial charge is 0.244 e. The number of nitrogens with one attached hydrogen (secondary N) is 1. The SMILES string of the molecule is CCOc1ccc(OCC)c(NC(C)C(=O)N(C)C2CCS(=O)(=O)C2)c1. The minimum Gasteiger partial charge on any atom is -0.494 e. The van der Waals surface area contributed by atoms with E-state index in [1.165, 1.54) is 4.90 Å². The number of carbonyl (C=O) groups excluding carboxylic acids is 1. The molecule has 1 saturated heterocycles. The number of hydrogen-bond acceptors (Lipinski definition) is 6. The summed E-state index contributed by atoms with van der Waals surface area (Å²) >= 11 is 0. The fourth-order valence-corrected chi connectivity index (χ4v) is 4.80. The third-order valence-corrected chi connectivity index (χ3v) is 6.16. The van der Waals surface area contributed by atoms with E-state index < -0.39 is 15.9 Å². The van der Waals surface area contributed by atoms with Gasteiger partial charge in [-0.1, -0.05) is 0 Å². The Bertz CT molecular complexity index is 735. The summed E-state index contributed by atoms with van der Waals surface area (Å²) in [5, 5.41) is 3.17. The summed E-state index contributed by atoms with van der Waals surface area (Å²) in [5.74, 6) is 1.35. The van der Waals surface area contributed by atoms with E-state index in [0.29, 0.717) is 36.8 Å². The molecule has 2 atom stereocenters. The molecule has 0 saturated carbocycles. The zero-order valence-corrected chi connectivity index (χ0v) is 16.6. The molecular formula is C18H28N2O5S. The first-order valence-electron chi connectivity index (χ1n) is 8.90. The average molecular weight is 384 g/mol. The first kappa shape index (κ1) is 20.4. The second-order valence-electron chi connectivity index (χ2n) is 6.40. The number of hydrogen-bond donors (Lipinski definition) is 1. The molecule has 0 radical (unpaired) electrons. The zero-order chi connectivity index (χ0) is 19.3. The largest absolute Gasteiger partial charge is 0.494 e. The summed E-state index contributed by atoms with van der Waals surface area (Å²) in [6.45, 7) is 6.60. The van der Waals surface area contributed by atoms with Gasteiger partial charge in [0, 0.05) is 19.2 Å². The van der Waals surface area contributed by atoms with E-state index in [1.807, 2.05) is 19.9 Å². The zero-order valence-electron chi connectivity index (χ0n) is 15.8. The highest BCUT2D eigenvalue weighted by Crippen LogP contribution is 2.30. The lowest BCUT2D eigenvalue weighted by Gasteiger charge is -2.27. The average Bonchev–Trinajstić information content (AvgIpc) is 2.96. The van der Waals surface area contributed by atoms with Gasteiger partial charge in [-0.15, -0.1) is 0 Å². The topological polar surface area (TPSA) is 84.9 Å². The molecule has 1 aliphatic heterocycles. The Hall–Kier alpha value is -1.96. The Balaban J connectivity index is 2.11. The molecule has 1 aliphatic rings. The molecule has 2 unspecified atom stereocenters. The number of benzene rings is 1. The Morgan fingerprint density at radius 1 is 1.31 bits per heavy atom. The van der Waals surface area contributed by atoms with Gasteiger partial charge in [0.1, 0.15) is 17.5 Å². The van der Waals surface area contributed by atoms with Crippen LogP contribution in [0.1, 0.15) is 27.2 Å². The molecule has 7 nitrogen and oxygen atoms in total. The van der Waals surface area contributed by atoms with Crippen LogP contribution in [0.15, 0.2) is 18.2 Å². The maximum absolute atomic E-state index is 12.7. The van der Waals surface area contributed by atoms with Gasteiger partial charge < -0.3 is 19.7 Å². The van der Waals surface area contributed by atoms with Crippen LogP contribution in [0.3, 0.4) is 0 Å². The van der Waals surface area contributed by atoms with Gasteiger partial charge in [-0.2, -0.15) is 0 Å². The molecular weight excluding hydrogens is 356 g/mol. The number of amides is 1. The quantitative estimate of drug-likeness (QED) is 0.737. The summed E-state index contributed by atoms with van der Waals surface area (Å²) < 4.78 is 34.5. The van der Waals surface area contributed by atoms with Gasteiger partial charge in [-0.05, 0) is 39.3 Å². The minimum atomic E-state index is -3.04. The predicted octanol–water partition coefficient (Wildman–Crippen LogP) is 1.93. The van der Waals surface area contributed by atoms with E-state index >= 15 is 0 Å². The monoisotopic (exact) mass is 384 g/mol. The molecule has 1 aromatic rings. The summed E-state index contributed by atoms with van der Waals surface area (Å²) in [5.41, 5.74) is 0.672. The number of likely N-dealkylation sites (N-methyl/N-ethyl adjacent to an activating group) is 1. The lowest BCUT2D eigenvalue weighted by atomic mass is 10.2. The summed E-state index contributed by atoms with van der Waals surface area (Å²) in [6.07, 6.45) is 0.487. The first-order chi connectivity index (χ1) is 12.3. The van der Waals surface area contributed by atoms with Crippen LogP contribution >= 0.6 is 0 Å². The fourth-order valence-electron chi connectivity index (χ4n) is 3.02. The normalized spacial score (nSPS) is 19.6. The maximum Gasteiger partial charge on any atom is 0.244 e. The molecule has 0 aromatic heterocycles. The lowest BCUT2D eigenvalue weighted by Crippen LogP contribution is -2.45. The van der Waals surface area contributed by atoms with Crippen molar-refractivity contribution in [1.82, 2.24) is 4.90 Å². The van der Waals surface area contributed by atoms with E-state index in [1.54, 1.807) is 26.1 Å². The van der Waals surface area contributed by atoms with Crippen LogP contribution in [0.4, 0.5) is 5.69 Å². The van der Waals surface area contributed by atoms with Crippen molar-refractivity contribution in [2.24, 2.45) is 0 Å². The van der Waals surface area contributed by atoms with Crippen molar-refractivity contribution in [3.63, 3.8) is 0 Å². The van der Waals surface area contributed by atoms with Crippen molar-refractivity contribution in [2.75, 3.05) is 37.1 Å². The highest BCUT2D eigenvalue weighted by molar-refractivity contribution is 7.91. The second kappa shape index (κ2) is 8.62. The van der Waals surface area contributed by atoms with Crippen LogP contribution in [-0.2, 0) is 14.6 Å². The van der Waals surface area contributed by atoms with E-state index in [4.69, 9.17) is 9.47 Å². The number of rotatable bonds is 8. The van der Waals surface area contributed by atoms with E-state index in [0.717, 1.165) is 0 Å². The Labute approximate surface area is 155 Å². The summed E-state index contributed by atoms with van der Waals surface area (Å²) in [4.78, 5) is 14.3. The Morgan fingerprint density at radius 3 is 2.58 bits per heavy atom. The van der Waals surface area contributed by atoms with Crippen molar-refractivity contribution < 1.29 is 22.7 Å². The van der Waals surface area contributed by atoms with Crippen LogP contribution in [0.25, 0.3) is 0 Å². The first-order valence-corrected chi connectivity index (χ1v) is 10.7. The van der Waals surface area contributed by atoms with Crippen LogP contribution < -0.4 is 14.8 Å². The molecule has 146 valence electrons.